The number of hydrogen-bond donors (Lipinski definition) is 7. The molecule has 0 spiro atoms. The first-order valence-electron chi connectivity index (χ1n) is 44.8. The van der Waals surface area contributed by atoms with Crippen molar-refractivity contribution in [2.45, 2.75) is 142 Å². The summed E-state index contributed by atoms with van der Waals surface area (Å²) in [6.45, 7) is 17.3. The number of carbonyl (C=O) groups is 12. The molecular weight excluding hydrogens is 1810 g/mol. The smallest absolute Gasteiger partial charge is 0.343 e. The largest absolute Gasteiger partial charge is 0.508 e. The predicted octanol–water partition coefficient (Wildman–Crippen LogP) is 20.9. The number of rotatable bonds is 46. The van der Waals surface area contributed by atoms with Gasteiger partial charge in [-0.05, 0) is 350 Å². The average molecular weight is 1930 g/mol. The molecule has 0 radical (unpaired) electrons. The zero-order chi connectivity index (χ0) is 102. The highest BCUT2D eigenvalue weighted by molar-refractivity contribution is 5.94. The number of phenolic OH excluding ortho intramolecular Hbond substituents is 5. The number of unbranched alkanes of at least 4 members (excludes halogenated alkanes) is 8. The van der Waals surface area contributed by atoms with Crippen LogP contribution in [0.2, 0.25) is 0 Å². The van der Waals surface area contributed by atoms with Gasteiger partial charge in [0.05, 0.1) is 54.2 Å². The fourth-order valence-electron chi connectivity index (χ4n) is 12.5. The third kappa shape index (κ3) is 43.8. The fourth-order valence-corrected chi connectivity index (χ4v) is 12.5. The Kier molecular flexibility index (Phi) is 49.6. The molecule has 1 unspecified atom stereocenters. The Bertz CT molecular complexity index is 5890. The van der Waals surface area contributed by atoms with E-state index in [1.807, 2.05) is 72.8 Å². The molecule has 30 nitrogen and oxygen atoms in total. The van der Waals surface area contributed by atoms with Crippen LogP contribution in [0.1, 0.15) is 193 Å². The van der Waals surface area contributed by atoms with Gasteiger partial charge in [-0.25, -0.2) is 38.4 Å². The van der Waals surface area contributed by atoms with Crippen LogP contribution in [0.25, 0.3) is 0 Å². The molecule has 30 heteroatoms. The fraction of sp³-hybridized carbons (Fsp3) is 0.234. The summed E-state index contributed by atoms with van der Waals surface area (Å²) >= 11 is 0. The lowest BCUT2D eigenvalue weighted by molar-refractivity contribution is -0.144. The Morgan fingerprint density at radius 2 is 0.667 bits per heavy atom. The third-order valence-electron chi connectivity index (χ3n) is 20.2. The number of benzene rings is 11. The monoisotopic (exact) mass is 1930 g/mol. The maximum Gasteiger partial charge on any atom is 0.343 e. The molecule has 141 heavy (non-hydrogen) atoms. The van der Waals surface area contributed by atoms with Crippen LogP contribution >= 0.6 is 0 Å². The van der Waals surface area contributed by atoms with E-state index < -0.39 is 65.8 Å². The summed E-state index contributed by atoms with van der Waals surface area (Å²) in [4.78, 5) is 141. The minimum Gasteiger partial charge on any atom is -0.508 e. The normalized spacial score (nSPS) is 10.4. The molecule has 740 valence electrons. The number of aromatic carboxylic acids is 1. The van der Waals surface area contributed by atoms with Gasteiger partial charge >= 0.3 is 65.7 Å². The van der Waals surface area contributed by atoms with Gasteiger partial charge in [0.25, 0.3) is 0 Å². The number of aryl methyl sites for hydroxylation is 6. The van der Waals surface area contributed by atoms with Gasteiger partial charge in [-0.1, -0.05) is 68.3 Å². The van der Waals surface area contributed by atoms with Crippen LogP contribution in [0.5, 0.6) is 74.7 Å². The second kappa shape index (κ2) is 61.9. The van der Waals surface area contributed by atoms with E-state index in [4.69, 9.17) is 77.6 Å². The molecule has 11 rings (SSSR count). The van der Waals surface area contributed by atoms with Crippen molar-refractivity contribution in [1.29, 1.82) is 0 Å². The molecule has 0 fully saturated rings. The second-order valence-corrected chi connectivity index (χ2v) is 31.1. The molecule has 11 aromatic carbocycles. The van der Waals surface area contributed by atoms with Crippen molar-refractivity contribution < 1.29 is 145 Å². The van der Waals surface area contributed by atoms with Crippen LogP contribution in [-0.4, -0.2) is 134 Å². The van der Waals surface area contributed by atoms with E-state index in [0.717, 1.165) is 104 Å². The van der Waals surface area contributed by atoms with E-state index >= 15 is 0 Å². The van der Waals surface area contributed by atoms with Gasteiger partial charge in [0.2, 0.25) is 0 Å². The first-order valence-corrected chi connectivity index (χ1v) is 44.8. The van der Waals surface area contributed by atoms with Crippen LogP contribution < -0.4 is 37.9 Å². The first-order chi connectivity index (χ1) is 67.3. The summed E-state index contributed by atoms with van der Waals surface area (Å²) in [6.07, 6.45) is 15.4. The van der Waals surface area contributed by atoms with Crippen molar-refractivity contribution in [2.75, 3.05) is 26.4 Å². The standard InChI is InChI=1S/C57H58O14.C21H16O6.C18H24O5.C7H6O3.C7H8O2.CH3/c1-4-52(59)66-38-12-7-6-11-37-65-46-26-16-42(17-27-46)19-35-55(62)68-48-30-24-45(25-31-48)57(64)71-50-33-32-49(39-40(50)3)69-56(63)44-22-28-47(29-23-44)67-54(61)34-18-41-14-20-43(21-15-41)51(70-53(60)5-2)13-9-8-10-36-58;1-13-12-18(26-20(24)14-2-6-16(22)7-3-14)10-11-19(13)27-21(25)15-4-8-17(23)9-5-15;1-2-18(21)23-14-6-4-3-5-13-22-16-10-7-15(8-11-16)9-12-17(19)20;8-6-3-1-5(2-4-6)7(9)10;1-5-4-6(8)2-3-7(5)9;/h4-5,14-17,20-33,36,39,51H,1-2,6-13,18-19,34-35,37-38H2,3H3;2-12,22-23H,1H3;2,7-8,10-11H,1,3-6,9,12-14H2,(H,19,20);1-4,8H,(H,9,10);2-4,8-9H,1H3;1H3/q;;;;;-1. The van der Waals surface area contributed by atoms with E-state index in [2.05, 4.69) is 19.7 Å². The van der Waals surface area contributed by atoms with Gasteiger partial charge in [0.1, 0.15) is 87.1 Å². The van der Waals surface area contributed by atoms with E-state index in [-0.39, 0.29) is 101 Å². The first kappa shape index (κ1) is 113. The molecular formula is C111H115O30-. The van der Waals surface area contributed by atoms with Crippen molar-refractivity contribution in [2.24, 2.45) is 0 Å². The van der Waals surface area contributed by atoms with Gasteiger partial charge in [0.15, 0.2) is 0 Å². The van der Waals surface area contributed by atoms with E-state index in [0.29, 0.717) is 111 Å². The lowest BCUT2D eigenvalue weighted by Crippen LogP contribution is -2.12. The highest BCUT2D eigenvalue weighted by Gasteiger charge is 2.21. The molecule has 0 aliphatic carbocycles. The predicted molar refractivity (Wildman–Crippen MR) is 524 cm³/mol. The van der Waals surface area contributed by atoms with Crippen molar-refractivity contribution in [1.82, 2.24) is 0 Å². The number of hydrogen-bond acceptors (Lipinski definition) is 28. The number of carboxylic acid groups (broad SMARTS) is 2. The molecule has 0 heterocycles. The number of carboxylic acids is 2. The molecule has 0 saturated heterocycles. The van der Waals surface area contributed by atoms with E-state index in [9.17, 15) is 67.7 Å². The lowest BCUT2D eigenvalue weighted by Gasteiger charge is -2.18. The lowest BCUT2D eigenvalue weighted by atomic mass is 10.00. The second-order valence-electron chi connectivity index (χ2n) is 31.1. The summed E-state index contributed by atoms with van der Waals surface area (Å²) in [7, 11) is 0. The molecule has 0 aromatic heterocycles. The zero-order valence-electron chi connectivity index (χ0n) is 78.8. The molecule has 0 aliphatic rings. The molecule has 0 aliphatic heterocycles. The molecule has 1 atom stereocenters. The van der Waals surface area contributed by atoms with E-state index in [1.54, 1.807) is 32.9 Å². The van der Waals surface area contributed by atoms with Crippen LogP contribution in [0.15, 0.2) is 287 Å². The SMILES string of the molecule is C=CC(=O)OCCCCCCOc1ccc(CCC(=O)O)cc1.C=CC(=O)OCCCCCCOc1ccc(CCC(=O)Oc2ccc(C(=O)Oc3ccc(OC(=O)c4ccc(OC(=O)CCc5ccc(C(CCCCC=O)OC(=O)C=C)cc5)cc4)cc3C)cc2)cc1.Cc1cc(O)ccc1O.Cc1cc(OC(=O)c2ccc(O)cc2)ccc1OC(=O)c1ccc(O)cc1.O=C(O)c1ccc(O)cc1.[CH3-]. The van der Waals surface area contributed by atoms with Crippen LogP contribution in [0, 0.1) is 28.2 Å². The Hall–Kier alpha value is -16.9. The summed E-state index contributed by atoms with van der Waals surface area (Å²) in [5.74, 6) is -2.63. The topological polar surface area (TPSA) is 448 Å². The summed E-state index contributed by atoms with van der Waals surface area (Å²) in [5, 5.41) is 62.1. The van der Waals surface area contributed by atoms with Crippen molar-refractivity contribution in [3.05, 3.63) is 361 Å². The van der Waals surface area contributed by atoms with Crippen molar-refractivity contribution in [3.8, 4) is 74.7 Å². The number of aliphatic carboxylic acids is 1. The molecule has 11 aromatic rings. The quantitative estimate of drug-likeness (QED) is 0.00272. The van der Waals surface area contributed by atoms with Gasteiger partial charge in [-0.2, -0.15) is 0 Å². The zero-order valence-corrected chi connectivity index (χ0v) is 78.8. The Morgan fingerprint density at radius 1 is 0.326 bits per heavy atom. The maximum absolute atomic E-state index is 13.0. The van der Waals surface area contributed by atoms with Gasteiger partial charge in [-0.15, -0.1) is 0 Å². The average Bonchev–Trinajstić information content (AvgIpc) is 0.847. The maximum atomic E-state index is 13.0. The number of phenols is 5. The molecule has 0 bridgehead atoms. The highest BCUT2D eigenvalue weighted by Crippen LogP contribution is 2.31. The number of ether oxygens (including phenoxy) is 11. The van der Waals surface area contributed by atoms with Crippen LogP contribution in [-0.2, 0) is 67.0 Å². The Labute approximate surface area is 817 Å². The molecule has 0 amide bonds. The Balaban J connectivity index is 0.000000347. The van der Waals surface area contributed by atoms with Crippen molar-refractivity contribution >= 4 is 71.9 Å². The number of aldehydes is 1. The van der Waals surface area contributed by atoms with Gasteiger partial charge in [-0.3, -0.25) is 14.4 Å². The van der Waals surface area contributed by atoms with E-state index in [1.165, 1.54) is 170 Å². The number of esters is 9. The summed E-state index contributed by atoms with van der Waals surface area (Å²) < 4.78 is 59.5. The third-order valence-corrected chi connectivity index (χ3v) is 20.2. The highest BCUT2D eigenvalue weighted by atomic mass is 16.6. The van der Waals surface area contributed by atoms with Gasteiger partial charge < -0.3 is 100 Å². The minimum atomic E-state index is -0.986. The van der Waals surface area contributed by atoms with Crippen LogP contribution in [0.3, 0.4) is 0 Å². The molecule has 0 saturated carbocycles. The molecule has 7 N–H and O–H groups in total. The Morgan fingerprint density at radius 3 is 1.02 bits per heavy atom. The number of aromatic hydroxyl groups is 5. The summed E-state index contributed by atoms with van der Waals surface area (Å²) in [5.41, 5.74) is 6.68. The van der Waals surface area contributed by atoms with Crippen LogP contribution in [0.4, 0.5) is 0 Å². The van der Waals surface area contributed by atoms with Crippen molar-refractivity contribution in [3.63, 3.8) is 0 Å². The van der Waals surface area contributed by atoms with Gasteiger partial charge in [0, 0.05) is 43.9 Å². The summed E-state index contributed by atoms with van der Waals surface area (Å²) in [6, 6.07) is 64.8. The number of carbonyl (C=O) groups excluding carboxylic acids is 10. The minimum absolute atomic E-state index is 0.